The Hall–Kier alpha value is -1.36. The molecule has 0 radical (unpaired) electrons. The van der Waals surface area contributed by atoms with E-state index in [1.165, 1.54) is 25.7 Å². The summed E-state index contributed by atoms with van der Waals surface area (Å²) in [6, 6.07) is 0.219. The molecule has 1 atom stereocenters. The summed E-state index contributed by atoms with van der Waals surface area (Å²) in [5.41, 5.74) is 0. The molecule has 1 aromatic rings. The van der Waals surface area contributed by atoms with Crippen molar-refractivity contribution in [3.05, 3.63) is 18.2 Å². The molecule has 2 aliphatic carbocycles. The lowest BCUT2D eigenvalue weighted by Gasteiger charge is -2.41. The Balaban J connectivity index is 1.49. The SMILES string of the molecule is CCN1CCN(C(=O)C(C2CC2)C2CC2)CC1c1ncc[nH]1. The van der Waals surface area contributed by atoms with E-state index in [0.29, 0.717) is 23.7 Å². The zero-order valence-corrected chi connectivity index (χ0v) is 13.4. The number of piperazine rings is 1. The number of H-pyrrole nitrogens is 1. The summed E-state index contributed by atoms with van der Waals surface area (Å²) >= 11 is 0. The molecule has 3 fully saturated rings. The van der Waals surface area contributed by atoms with Crippen molar-refractivity contribution in [1.82, 2.24) is 19.8 Å². The Morgan fingerprint density at radius 3 is 2.59 bits per heavy atom. The van der Waals surface area contributed by atoms with Crippen molar-refractivity contribution in [2.24, 2.45) is 17.8 Å². The predicted octanol–water partition coefficient (Wildman–Crippen LogP) is 2.05. The van der Waals surface area contributed by atoms with Crippen LogP contribution < -0.4 is 0 Å². The number of nitrogens with one attached hydrogen (secondary N) is 1. The molecule has 1 unspecified atom stereocenters. The summed E-state index contributed by atoms with van der Waals surface area (Å²) in [5, 5.41) is 0. The lowest BCUT2D eigenvalue weighted by Crippen LogP contribution is -2.52. The second kappa shape index (κ2) is 5.69. The van der Waals surface area contributed by atoms with Crippen LogP contribution >= 0.6 is 0 Å². The fourth-order valence-electron chi connectivity index (χ4n) is 4.03. The van der Waals surface area contributed by atoms with Crippen LogP contribution in [0, 0.1) is 17.8 Å². The number of carbonyl (C=O) groups is 1. The molecule has 1 amide bonds. The monoisotopic (exact) mass is 302 g/mol. The van der Waals surface area contributed by atoms with Gasteiger partial charge < -0.3 is 9.88 Å². The number of aromatic amines is 1. The van der Waals surface area contributed by atoms with Crippen LogP contribution in [0.15, 0.2) is 12.4 Å². The molecule has 0 bridgehead atoms. The highest BCUT2D eigenvalue weighted by Crippen LogP contribution is 2.50. The normalized spacial score (nSPS) is 26.6. The van der Waals surface area contributed by atoms with Crippen LogP contribution in [0.4, 0.5) is 0 Å². The standard InChI is InChI=1S/C17H26N4O/c1-2-20-9-10-21(11-14(20)16-18-7-8-19-16)17(22)15(12-3-4-12)13-5-6-13/h7-8,12-15H,2-6,9-11H2,1H3,(H,18,19). The third kappa shape index (κ3) is 2.67. The number of carbonyl (C=O) groups excluding carboxylic acids is 1. The molecule has 1 N–H and O–H groups in total. The largest absolute Gasteiger partial charge is 0.347 e. The van der Waals surface area contributed by atoms with Crippen LogP contribution in [0.5, 0.6) is 0 Å². The molecule has 0 aromatic carbocycles. The minimum absolute atomic E-state index is 0.219. The Bertz CT molecular complexity index is 509. The molecule has 5 nitrogen and oxygen atoms in total. The van der Waals surface area contributed by atoms with Gasteiger partial charge in [0.05, 0.1) is 6.04 Å². The van der Waals surface area contributed by atoms with Gasteiger partial charge in [0.15, 0.2) is 0 Å². The first-order chi connectivity index (χ1) is 10.8. The number of nitrogens with zero attached hydrogens (tertiary/aromatic N) is 3. The topological polar surface area (TPSA) is 52.2 Å². The Morgan fingerprint density at radius 2 is 2.05 bits per heavy atom. The fourth-order valence-corrected chi connectivity index (χ4v) is 4.03. The van der Waals surface area contributed by atoms with Crippen LogP contribution in [0.2, 0.25) is 0 Å². The lowest BCUT2D eigenvalue weighted by atomic mass is 9.95. The van der Waals surface area contributed by atoms with Gasteiger partial charge in [-0.3, -0.25) is 9.69 Å². The minimum atomic E-state index is 0.219. The Labute approximate surface area is 132 Å². The molecule has 2 saturated carbocycles. The lowest BCUT2D eigenvalue weighted by molar-refractivity contribution is -0.140. The molecule has 1 aromatic heterocycles. The van der Waals surface area contributed by atoms with Gasteiger partial charge in [-0.05, 0) is 44.1 Å². The molecule has 1 aliphatic heterocycles. The van der Waals surface area contributed by atoms with Crippen molar-refractivity contribution in [1.29, 1.82) is 0 Å². The number of hydrogen-bond donors (Lipinski definition) is 1. The van der Waals surface area contributed by atoms with Gasteiger partial charge in [0.2, 0.25) is 5.91 Å². The summed E-state index contributed by atoms with van der Waals surface area (Å²) in [7, 11) is 0. The van der Waals surface area contributed by atoms with E-state index in [0.717, 1.165) is 32.0 Å². The molecule has 22 heavy (non-hydrogen) atoms. The quantitative estimate of drug-likeness (QED) is 0.905. The van der Waals surface area contributed by atoms with E-state index < -0.39 is 0 Å². The summed E-state index contributed by atoms with van der Waals surface area (Å²) in [6.07, 6.45) is 8.75. The van der Waals surface area contributed by atoms with Crippen molar-refractivity contribution in [3.8, 4) is 0 Å². The van der Waals surface area contributed by atoms with Crippen LogP contribution in [0.3, 0.4) is 0 Å². The third-order valence-corrected chi connectivity index (χ3v) is 5.59. The molecule has 4 rings (SSSR count). The average molecular weight is 302 g/mol. The van der Waals surface area contributed by atoms with Gasteiger partial charge >= 0.3 is 0 Å². The van der Waals surface area contributed by atoms with Crippen molar-refractivity contribution in [2.75, 3.05) is 26.2 Å². The van der Waals surface area contributed by atoms with E-state index in [1.807, 2.05) is 6.20 Å². The van der Waals surface area contributed by atoms with Gasteiger partial charge in [-0.25, -0.2) is 4.98 Å². The minimum Gasteiger partial charge on any atom is -0.347 e. The van der Waals surface area contributed by atoms with Crippen molar-refractivity contribution in [2.45, 2.75) is 38.6 Å². The first-order valence-electron chi connectivity index (χ1n) is 8.80. The number of aromatic nitrogens is 2. The highest BCUT2D eigenvalue weighted by Gasteiger charge is 2.47. The van der Waals surface area contributed by atoms with Crippen LogP contribution in [0.25, 0.3) is 0 Å². The van der Waals surface area contributed by atoms with E-state index >= 15 is 0 Å². The van der Waals surface area contributed by atoms with Crippen LogP contribution in [-0.4, -0.2) is 51.9 Å². The van der Waals surface area contributed by atoms with Crippen LogP contribution in [-0.2, 0) is 4.79 Å². The van der Waals surface area contributed by atoms with E-state index in [1.54, 1.807) is 6.20 Å². The van der Waals surface area contributed by atoms with E-state index in [9.17, 15) is 4.79 Å². The highest BCUT2D eigenvalue weighted by molar-refractivity contribution is 5.80. The molecular weight excluding hydrogens is 276 g/mol. The maximum Gasteiger partial charge on any atom is 0.226 e. The molecule has 1 saturated heterocycles. The summed E-state index contributed by atoms with van der Waals surface area (Å²) in [6.45, 7) is 5.80. The van der Waals surface area contributed by atoms with Gasteiger partial charge in [-0.2, -0.15) is 0 Å². The molecule has 0 spiro atoms. The number of amides is 1. The second-order valence-corrected chi connectivity index (χ2v) is 7.10. The molecule has 2 heterocycles. The van der Waals surface area contributed by atoms with Crippen molar-refractivity contribution in [3.63, 3.8) is 0 Å². The number of imidazole rings is 1. The summed E-state index contributed by atoms with van der Waals surface area (Å²) in [4.78, 5) is 25.3. The number of hydrogen-bond acceptors (Lipinski definition) is 3. The maximum absolute atomic E-state index is 13.0. The van der Waals surface area contributed by atoms with Gasteiger partial charge in [-0.15, -0.1) is 0 Å². The fraction of sp³-hybridized carbons (Fsp3) is 0.765. The van der Waals surface area contributed by atoms with Gasteiger partial charge in [-0.1, -0.05) is 6.92 Å². The summed E-state index contributed by atoms with van der Waals surface area (Å²) < 4.78 is 0. The van der Waals surface area contributed by atoms with Gasteiger partial charge in [0.1, 0.15) is 5.82 Å². The van der Waals surface area contributed by atoms with E-state index in [-0.39, 0.29) is 6.04 Å². The summed E-state index contributed by atoms with van der Waals surface area (Å²) in [5.74, 6) is 3.12. The van der Waals surface area contributed by atoms with Crippen molar-refractivity contribution < 1.29 is 4.79 Å². The van der Waals surface area contributed by atoms with Crippen molar-refractivity contribution >= 4 is 5.91 Å². The smallest absolute Gasteiger partial charge is 0.226 e. The molecule has 120 valence electrons. The number of likely N-dealkylation sites (N-methyl/N-ethyl adjacent to an activating group) is 1. The van der Waals surface area contributed by atoms with E-state index in [2.05, 4.69) is 26.7 Å². The van der Waals surface area contributed by atoms with E-state index in [4.69, 9.17) is 0 Å². The first-order valence-corrected chi connectivity index (χ1v) is 8.80. The average Bonchev–Trinajstić information content (AvgIpc) is 3.48. The number of rotatable bonds is 5. The van der Waals surface area contributed by atoms with Crippen LogP contribution in [0.1, 0.15) is 44.5 Å². The second-order valence-electron chi connectivity index (χ2n) is 7.10. The molecule has 5 heteroatoms. The Morgan fingerprint density at radius 1 is 1.32 bits per heavy atom. The zero-order chi connectivity index (χ0) is 15.1. The van der Waals surface area contributed by atoms with Gasteiger partial charge in [0.25, 0.3) is 0 Å². The molecule has 3 aliphatic rings. The maximum atomic E-state index is 13.0. The third-order valence-electron chi connectivity index (χ3n) is 5.59. The highest BCUT2D eigenvalue weighted by atomic mass is 16.2. The zero-order valence-electron chi connectivity index (χ0n) is 13.4. The van der Waals surface area contributed by atoms with Gasteiger partial charge in [0, 0.05) is 37.9 Å². The Kier molecular flexibility index (Phi) is 3.68. The predicted molar refractivity (Wildman–Crippen MR) is 84.1 cm³/mol. The molecular formula is C17H26N4O. The first kappa shape index (κ1) is 14.2.